The summed E-state index contributed by atoms with van der Waals surface area (Å²) in [6.45, 7) is 0. The van der Waals surface area contributed by atoms with Crippen LogP contribution in [0.25, 0.3) is 11.1 Å². The highest BCUT2D eigenvalue weighted by atomic mass is 16.6. The van der Waals surface area contributed by atoms with Crippen LogP contribution in [0, 0.1) is 10.1 Å². The highest BCUT2D eigenvalue weighted by Gasteiger charge is 2.20. The van der Waals surface area contributed by atoms with Crippen LogP contribution in [0.15, 0.2) is 60.7 Å². The highest BCUT2D eigenvalue weighted by molar-refractivity contribution is 5.94. The van der Waals surface area contributed by atoms with Gasteiger partial charge in [0, 0.05) is 17.3 Å². The van der Waals surface area contributed by atoms with Gasteiger partial charge in [0.1, 0.15) is 5.69 Å². The van der Waals surface area contributed by atoms with Crippen molar-refractivity contribution in [3.8, 4) is 11.1 Å². The molecule has 0 saturated carbocycles. The second kappa shape index (κ2) is 6.00. The summed E-state index contributed by atoms with van der Waals surface area (Å²) in [6.07, 6.45) is 0.888. The molecule has 4 rings (SSSR count). The van der Waals surface area contributed by atoms with E-state index in [-0.39, 0.29) is 11.3 Å². The van der Waals surface area contributed by atoms with Gasteiger partial charge in [-0.1, -0.05) is 30.3 Å². The molecule has 26 heavy (non-hydrogen) atoms. The molecule has 0 bridgehead atoms. The molecule has 128 valence electrons. The molecular formula is C20H15N3O3. The summed E-state index contributed by atoms with van der Waals surface area (Å²) in [5, 5.41) is 14.4. The number of nitrogens with two attached hydrogens (primary N) is 1. The lowest BCUT2D eigenvalue weighted by Gasteiger charge is -2.10. The van der Waals surface area contributed by atoms with Gasteiger partial charge < -0.3 is 11.1 Å². The van der Waals surface area contributed by atoms with Gasteiger partial charge in [-0.3, -0.25) is 14.9 Å². The number of anilines is 2. The average Bonchev–Trinajstić information content (AvgIpc) is 3.00. The number of rotatable bonds is 4. The van der Waals surface area contributed by atoms with Crippen LogP contribution in [0.1, 0.15) is 21.5 Å². The van der Waals surface area contributed by atoms with E-state index < -0.39 is 10.8 Å². The number of carbonyl (C=O) groups is 1. The van der Waals surface area contributed by atoms with E-state index in [1.165, 1.54) is 34.9 Å². The number of benzene rings is 3. The van der Waals surface area contributed by atoms with E-state index in [0.29, 0.717) is 5.69 Å². The lowest BCUT2D eigenvalue weighted by molar-refractivity contribution is -0.383. The summed E-state index contributed by atoms with van der Waals surface area (Å²) in [5.41, 5.74) is 11.0. The molecular weight excluding hydrogens is 330 g/mol. The molecule has 0 unspecified atom stereocenters. The second-order valence-electron chi connectivity index (χ2n) is 6.18. The molecule has 1 amide bonds. The Kier molecular flexibility index (Phi) is 3.65. The number of nitrogens with zero attached hydrogens (tertiary/aromatic N) is 1. The SMILES string of the molecule is NC(=O)c1ccc(Nc2ccc3c(c2)-c2ccccc2C3)c([N+](=O)[O-])c1. The minimum absolute atomic E-state index is 0.102. The topological polar surface area (TPSA) is 98.3 Å². The molecule has 0 fully saturated rings. The average molecular weight is 345 g/mol. The number of amides is 1. The summed E-state index contributed by atoms with van der Waals surface area (Å²) >= 11 is 0. The minimum atomic E-state index is -0.700. The summed E-state index contributed by atoms with van der Waals surface area (Å²) < 4.78 is 0. The van der Waals surface area contributed by atoms with Gasteiger partial charge in [0.05, 0.1) is 4.92 Å². The predicted molar refractivity (Wildman–Crippen MR) is 99.6 cm³/mol. The van der Waals surface area contributed by atoms with E-state index in [2.05, 4.69) is 17.4 Å². The van der Waals surface area contributed by atoms with Gasteiger partial charge in [-0.05, 0) is 52.9 Å². The Labute approximate surface area is 149 Å². The fraction of sp³-hybridized carbons (Fsp3) is 0.0500. The summed E-state index contributed by atoms with van der Waals surface area (Å²) in [4.78, 5) is 22.1. The van der Waals surface area contributed by atoms with Gasteiger partial charge in [-0.25, -0.2) is 0 Å². The zero-order chi connectivity index (χ0) is 18.3. The zero-order valence-electron chi connectivity index (χ0n) is 13.7. The molecule has 6 nitrogen and oxygen atoms in total. The van der Waals surface area contributed by atoms with Gasteiger partial charge >= 0.3 is 0 Å². The predicted octanol–water partition coefficient (Wildman–Crippen LogP) is 4.01. The molecule has 0 radical (unpaired) electrons. The van der Waals surface area contributed by atoms with Gasteiger partial charge in [0.15, 0.2) is 0 Å². The molecule has 0 heterocycles. The summed E-state index contributed by atoms with van der Waals surface area (Å²) in [5.74, 6) is -0.700. The molecule has 3 aromatic rings. The van der Waals surface area contributed by atoms with Crippen molar-refractivity contribution in [2.24, 2.45) is 5.73 Å². The van der Waals surface area contributed by atoms with Crippen molar-refractivity contribution in [1.29, 1.82) is 0 Å². The normalized spacial score (nSPS) is 11.5. The van der Waals surface area contributed by atoms with Crippen LogP contribution in [0.5, 0.6) is 0 Å². The molecule has 3 aromatic carbocycles. The maximum atomic E-state index is 11.4. The van der Waals surface area contributed by atoms with Crippen LogP contribution < -0.4 is 11.1 Å². The largest absolute Gasteiger partial charge is 0.366 e. The van der Waals surface area contributed by atoms with Gasteiger partial charge in [0.2, 0.25) is 5.91 Å². The molecule has 6 heteroatoms. The monoisotopic (exact) mass is 345 g/mol. The van der Waals surface area contributed by atoms with Crippen molar-refractivity contribution in [2.75, 3.05) is 5.32 Å². The number of nitro benzene ring substituents is 1. The number of nitro groups is 1. The second-order valence-corrected chi connectivity index (χ2v) is 6.18. The van der Waals surface area contributed by atoms with Crippen LogP contribution in [-0.4, -0.2) is 10.8 Å². The van der Waals surface area contributed by atoms with Crippen molar-refractivity contribution < 1.29 is 9.72 Å². The van der Waals surface area contributed by atoms with E-state index in [1.54, 1.807) is 0 Å². The fourth-order valence-electron chi connectivity index (χ4n) is 3.30. The number of fused-ring (bicyclic) bond motifs is 3. The molecule has 0 atom stereocenters. The zero-order valence-corrected chi connectivity index (χ0v) is 13.7. The van der Waals surface area contributed by atoms with Crippen LogP contribution >= 0.6 is 0 Å². The quantitative estimate of drug-likeness (QED) is 0.431. The Bertz CT molecular complexity index is 1060. The molecule has 0 spiro atoms. The summed E-state index contributed by atoms with van der Waals surface area (Å²) in [6, 6.07) is 18.3. The Balaban J connectivity index is 1.72. The smallest absolute Gasteiger partial charge is 0.293 e. The van der Waals surface area contributed by atoms with Crippen molar-refractivity contribution in [2.45, 2.75) is 6.42 Å². The maximum absolute atomic E-state index is 11.4. The van der Waals surface area contributed by atoms with E-state index in [1.807, 2.05) is 30.3 Å². The molecule has 1 aliphatic carbocycles. The Morgan fingerprint density at radius 2 is 1.77 bits per heavy atom. The van der Waals surface area contributed by atoms with E-state index >= 15 is 0 Å². The lowest BCUT2D eigenvalue weighted by atomic mass is 10.0. The molecule has 0 saturated heterocycles. The standard InChI is InChI=1S/C20H15N3O3/c21-20(24)14-6-8-18(19(10-14)23(25)26)22-15-7-5-13-9-12-3-1-2-4-16(12)17(13)11-15/h1-8,10-11,22H,9H2,(H2,21,24). The highest BCUT2D eigenvalue weighted by Crippen LogP contribution is 2.39. The third-order valence-corrected chi connectivity index (χ3v) is 4.56. The van der Waals surface area contributed by atoms with Gasteiger partial charge in [-0.15, -0.1) is 0 Å². The Morgan fingerprint density at radius 3 is 2.54 bits per heavy atom. The van der Waals surface area contributed by atoms with E-state index in [9.17, 15) is 14.9 Å². The van der Waals surface area contributed by atoms with Gasteiger partial charge in [-0.2, -0.15) is 0 Å². The third kappa shape index (κ3) is 2.67. The molecule has 3 N–H and O–H groups in total. The number of nitrogens with one attached hydrogen (secondary N) is 1. The molecule has 0 aromatic heterocycles. The third-order valence-electron chi connectivity index (χ3n) is 4.56. The Morgan fingerprint density at radius 1 is 1.00 bits per heavy atom. The molecule has 0 aliphatic heterocycles. The van der Waals surface area contributed by atoms with Crippen molar-refractivity contribution in [1.82, 2.24) is 0 Å². The fourth-order valence-corrected chi connectivity index (χ4v) is 3.30. The lowest BCUT2D eigenvalue weighted by Crippen LogP contribution is -2.11. The number of primary amides is 1. The van der Waals surface area contributed by atoms with Crippen molar-refractivity contribution in [3.05, 3.63) is 87.5 Å². The number of hydrogen-bond acceptors (Lipinski definition) is 4. The molecule has 1 aliphatic rings. The number of hydrogen-bond donors (Lipinski definition) is 2. The first-order valence-corrected chi connectivity index (χ1v) is 8.09. The van der Waals surface area contributed by atoms with Crippen LogP contribution in [-0.2, 0) is 6.42 Å². The first kappa shape index (κ1) is 15.8. The van der Waals surface area contributed by atoms with Crippen LogP contribution in [0.4, 0.5) is 17.1 Å². The first-order valence-electron chi connectivity index (χ1n) is 8.09. The van der Waals surface area contributed by atoms with Crippen molar-refractivity contribution >= 4 is 23.0 Å². The van der Waals surface area contributed by atoms with Crippen LogP contribution in [0.2, 0.25) is 0 Å². The van der Waals surface area contributed by atoms with Crippen molar-refractivity contribution in [3.63, 3.8) is 0 Å². The van der Waals surface area contributed by atoms with Crippen LogP contribution in [0.3, 0.4) is 0 Å². The summed E-state index contributed by atoms with van der Waals surface area (Å²) in [7, 11) is 0. The maximum Gasteiger partial charge on any atom is 0.293 e. The van der Waals surface area contributed by atoms with Gasteiger partial charge in [0.25, 0.3) is 5.69 Å². The van der Waals surface area contributed by atoms with E-state index in [0.717, 1.165) is 17.7 Å². The van der Waals surface area contributed by atoms with E-state index in [4.69, 9.17) is 5.73 Å². The Hall–Kier alpha value is -3.67. The first-order chi connectivity index (χ1) is 12.5. The minimum Gasteiger partial charge on any atom is -0.366 e. The number of carbonyl (C=O) groups excluding carboxylic acids is 1.